The van der Waals surface area contributed by atoms with Gasteiger partial charge in [0.25, 0.3) is 0 Å². The number of carbonyl (C=O) groups excluding carboxylic acids is 3. The van der Waals surface area contributed by atoms with Gasteiger partial charge in [0.05, 0.1) is 0 Å². The van der Waals surface area contributed by atoms with Crippen molar-refractivity contribution in [2.45, 2.75) is 560 Å². The molecule has 0 bridgehead atoms. The summed E-state index contributed by atoms with van der Waals surface area (Å²) in [6, 6.07) is 0. The fourth-order valence-corrected chi connectivity index (χ4v) is 14.3. The van der Waals surface area contributed by atoms with Crippen molar-refractivity contribution >= 4 is 42.3 Å². The summed E-state index contributed by atoms with van der Waals surface area (Å²) >= 11 is 0. The zero-order valence-corrected chi connectivity index (χ0v) is 69.3. The molecule has 0 heterocycles. The van der Waals surface area contributed by atoms with Crippen molar-refractivity contribution in [2.24, 2.45) is 0 Å². The second-order valence-electron chi connectivity index (χ2n) is 30.9. The van der Waals surface area contributed by atoms with Gasteiger partial charge < -0.3 is 29.7 Å². The third-order valence-electron chi connectivity index (χ3n) is 21.0. The van der Waals surface area contributed by atoms with Crippen LogP contribution in [-0.2, 0) is 14.4 Å². The van der Waals surface area contributed by atoms with Gasteiger partial charge in [0.2, 0.25) is 0 Å². The first kappa shape index (κ1) is 103. The number of aliphatic carboxylic acids is 3. The van der Waals surface area contributed by atoms with E-state index in [1.165, 1.54) is 482 Å². The standard InChI is InChI=1S/3C30H60O2.Sb/c3*1-2-3-4-5-6-7-8-9-10-11-12-13-14-15-16-17-18-19-20-21-22-23-24-25-26-27-28-29-30(31)32;/h3*2-29H2,1H3,(H,31,32);/q;;;+3/p-3. The first-order valence-corrected chi connectivity index (χ1v) is 44.9. The van der Waals surface area contributed by atoms with Crippen molar-refractivity contribution < 1.29 is 29.7 Å². The second-order valence-corrected chi connectivity index (χ2v) is 30.9. The van der Waals surface area contributed by atoms with Crippen LogP contribution < -0.4 is 15.3 Å². The van der Waals surface area contributed by atoms with Crippen LogP contribution in [0.15, 0.2) is 0 Å². The number of unbranched alkanes of at least 4 members (excludes halogenated alkanes) is 78. The average Bonchev–Trinajstić information content (AvgIpc) is 3.58. The number of carboxylic acids is 3. The molecule has 0 N–H and O–H groups in total. The quantitative estimate of drug-likeness (QED) is 0.0442. The number of rotatable bonds is 84. The van der Waals surface area contributed by atoms with Crippen molar-refractivity contribution in [1.29, 1.82) is 0 Å². The number of carboxylic acid groups (broad SMARTS) is 3. The van der Waals surface area contributed by atoms with Crippen molar-refractivity contribution in [3.05, 3.63) is 0 Å². The van der Waals surface area contributed by atoms with E-state index in [9.17, 15) is 29.7 Å². The van der Waals surface area contributed by atoms with Crippen LogP contribution in [0.5, 0.6) is 0 Å². The van der Waals surface area contributed by atoms with Gasteiger partial charge in [-0.05, 0) is 38.5 Å². The Labute approximate surface area is 628 Å². The summed E-state index contributed by atoms with van der Waals surface area (Å²) < 4.78 is 0. The Morgan fingerprint density at radius 3 is 0.258 bits per heavy atom. The third-order valence-corrected chi connectivity index (χ3v) is 21.0. The first-order chi connectivity index (χ1) is 47.3. The van der Waals surface area contributed by atoms with Gasteiger partial charge in [-0.3, -0.25) is 0 Å². The van der Waals surface area contributed by atoms with Gasteiger partial charge in [-0.1, -0.05) is 522 Å². The minimum absolute atomic E-state index is 0. The van der Waals surface area contributed by atoms with E-state index in [-0.39, 0.29) is 43.7 Å². The van der Waals surface area contributed by atoms with Crippen LogP contribution >= 0.6 is 0 Å². The molecule has 0 saturated heterocycles. The minimum atomic E-state index is -0.899. The maximum absolute atomic E-state index is 10.3. The Bertz CT molecular complexity index is 1230. The molecule has 0 aromatic heterocycles. The molecule has 0 rings (SSSR count). The Balaban J connectivity index is -0.000000665. The fraction of sp³-hybridized carbons (Fsp3) is 0.967. The van der Waals surface area contributed by atoms with Crippen molar-refractivity contribution in [3.63, 3.8) is 0 Å². The molecule has 0 aromatic rings. The molecule has 0 unspecified atom stereocenters. The van der Waals surface area contributed by atoms with Gasteiger partial charge in [-0.2, -0.15) is 0 Å². The molecule has 7 heteroatoms. The topological polar surface area (TPSA) is 120 Å². The van der Waals surface area contributed by atoms with Crippen LogP contribution in [0.25, 0.3) is 0 Å². The maximum atomic E-state index is 10.3. The van der Waals surface area contributed by atoms with Crippen LogP contribution in [0.3, 0.4) is 0 Å². The summed E-state index contributed by atoms with van der Waals surface area (Å²) in [7, 11) is 0. The average molecular weight is 1480 g/mol. The Morgan fingerprint density at radius 1 is 0.134 bits per heavy atom. The van der Waals surface area contributed by atoms with Gasteiger partial charge in [0.1, 0.15) is 0 Å². The summed E-state index contributed by atoms with van der Waals surface area (Å²) in [6.07, 6.45) is 113. The van der Waals surface area contributed by atoms with Crippen molar-refractivity contribution in [1.82, 2.24) is 0 Å². The molecule has 6 nitrogen and oxygen atoms in total. The van der Waals surface area contributed by atoms with Crippen molar-refractivity contribution in [2.75, 3.05) is 0 Å². The summed E-state index contributed by atoms with van der Waals surface area (Å²) in [6.45, 7) is 6.89. The molecule has 0 aliphatic heterocycles. The zero-order valence-electron chi connectivity index (χ0n) is 66.8. The van der Waals surface area contributed by atoms with Crippen LogP contribution in [0.4, 0.5) is 0 Å². The molecule has 0 atom stereocenters. The minimum Gasteiger partial charge on any atom is -0.550 e. The molecule has 0 aromatic carbocycles. The maximum Gasteiger partial charge on any atom is 3.00 e. The van der Waals surface area contributed by atoms with E-state index in [2.05, 4.69) is 20.8 Å². The van der Waals surface area contributed by atoms with Gasteiger partial charge in [0, 0.05) is 17.9 Å². The molecule has 2 radical (unpaired) electrons. The van der Waals surface area contributed by atoms with E-state index in [0.29, 0.717) is 0 Å². The zero-order chi connectivity index (χ0) is 70.1. The number of carbonyl (C=O) groups is 3. The Kier molecular flexibility index (Phi) is 105. The van der Waals surface area contributed by atoms with E-state index < -0.39 is 17.9 Å². The first-order valence-electron chi connectivity index (χ1n) is 44.9. The van der Waals surface area contributed by atoms with Crippen LogP contribution in [-0.4, -0.2) is 42.3 Å². The molecule has 0 aliphatic rings. The van der Waals surface area contributed by atoms with E-state index in [1.807, 2.05) is 0 Å². The predicted octanol–water partition coefficient (Wildman–Crippen LogP) is 28.7. The largest absolute Gasteiger partial charge is 3.00 e. The Hall–Kier alpha value is -0.772. The smallest absolute Gasteiger partial charge is 0.550 e. The molecule has 0 aliphatic carbocycles. The molecule has 0 fully saturated rings. The van der Waals surface area contributed by atoms with E-state index in [0.717, 1.165) is 38.5 Å². The molecular formula is C90H177O6Sb. The predicted molar refractivity (Wildman–Crippen MR) is 426 cm³/mol. The van der Waals surface area contributed by atoms with Crippen LogP contribution in [0, 0.1) is 0 Å². The fourth-order valence-electron chi connectivity index (χ4n) is 14.3. The van der Waals surface area contributed by atoms with Gasteiger partial charge in [-0.15, -0.1) is 0 Å². The Morgan fingerprint density at radius 2 is 0.196 bits per heavy atom. The number of hydrogen-bond donors (Lipinski definition) is 0. The molecule has 578 valence electrons. The van der Waals surface area contributed by atoms with E-state index in [4.69, 9.17) is 0 Å². The molecule has 0 spiro atoms. The summed E-state index contributed by atoms with van der Waals surface area (Å²) in [5.74, 6) is -2.70. The molecule has 97 heavy (non-hydrogen) atoms. The molecule has 0 amide bonds. The van der Waals surface area contributed by atoms with Crippen molar-refractivity contribution in [3.8, 4) is 0 Å². The van der Waals surface area contributed by atoms with E-state index in [1.54, 1.807) is 0 Å². The van der Waals surface area contributed by atoms with Crippen LogP contribution in [0.1, 0.15) is 560 Å². The van der Waals surface area contributed by atoms with Gasteiger partial charge in [-0.25, -0.2) is 0 Å². The molecule has 0 saturated carbocycles. The monoisotopic (exact) mass is 1480 g/mol. The second kappa shape index (κ2) is 99.4. The summed E-state index contributed by atoms with van der Waals surface area (Å²) in [5.41, 5.74) is 0. The molecular weight excluding hydrogens is 1300 g/mol. The third kappa shape index (κ3) is 111. The summed E-state index contributed by atoms with van der Waals surface area (Å²) in [5, 5.41) is 31.0. The van der Waals surface area contributed by atoms with Gasteiger partial charge >= 0.3 is 24.4 Å². The van der Waals surface area contributed by atoms with Gasteiger partial charge in [0.15, 0.2) is 0 Å². The van der Waals surface area contributed by atoms with E-state index >= 15 is 0 Å². The van der Waals surface area contributed by atoms with Crippen LogP contribution in [0.2, 0.25) is 0 Å². The normalized spacial score (nSPS) is 11.2. The SMILES string of the molecule is CCCCCCCCCCCCCCCCCCCCCCCCCCCCCC(=O)[O-].CCCCCCCCCCCCCCCCCCCCCCCCCCCCCC(=O)[O-].CCCCCCCCCCCCCCCCCCCCCCCCCCCCCC(=O)[O-].[Sb+3]. The number of hydrogen-bond acceptors (Lipinski definition) is 6. The summed E-state index contributed by atoms with van der Waals surface area (Å²) in [4.78, 5) is 31.0.